The Morgan fingerprint density at radius 1 is 1.56 bits per heavy atom. The van der Waals surface area contributed by atoms with Crippen molar-refractivity contribution < 1.29 is 12.8 Å². The van der Waals surface area contributed by atoms with Crippen molar-refractivity contribution in [2.45, 2.75) is 18.5 Å². The third-order valence-electron chi connectivity index (χ3n) is 2.07. The number of halogens is 1. The van der Waals surface area contributed by atoms with Gasteiger partial charge in [-0.15, -0.1) is 5.10 Å². The molecule has 2 aromatic rings. The van der Waals surface area contributed by atoms with Crippen LogP contribution in [-0.4, -0.2) is 28.4 Å². The van der Waals surface area contributed by atoms with E-state index >= 15 is 0 Å². The molecule has 2 aromatic heterocycles. The van der Waals surface area contributed by atoms with Gasteiger partial charge in [0.2, 0.25) is 10.9 Å². The van der Waals surface area contributed by atoms with Gasteiger partial charge in [0.15, 0.2) is 4.60 Å². The Kier molecular flexibility index (Phi) is 3.50. The van der Waals surface area contributed by atoms with E-state index in [-0.39, 0.29) is 16.2 Å². The van der Waals surface area contributed by atoms with Crippen molar-refractivity contribution in [2.75, 3.05) is 0 Å². The molecule has 0 aromatic carbocycles. The van der Waals surface area contributed by atoms with Crippen molar-refractivity contribution >= 4 is 26.0 Å². The zero-order chi connectivity index (χ0) is 13.3. The Hall–Kier alpha value is -1.26. The second-order valence-corrected chi connectivity index (χ2v) is 5.93. The van der Waals surface area contributed by atoms with Crippen molar-refractivity contribution in [3.05, 3.63) is 22.5 Å². The third kappa shape index (κ3) is 2.60. The molecule has 0 saturated heterocycles. The molecule has 2 heterocycles. The fourth-order valence-corrected chi connectivity index (χ4v) is 3.38. The molecular formula is C8H10BrN5O3S. The fraction of sp³-hybridized carbons (Fsp3) is 0.375. The molecule has 0 spiro atoms. The number of nitrogens with zero attached hydrogens (tertiary/aromatic N) is 4. The average Bonchev–Trinajstić information content (AvgIpc) is 2.83. The summed E-state index contributed by atoms with van der Waals surface area (Å²) in [5.41, 5.74) is 0. The van der Waals surface area contributed by atoms with E-state index < -0.39 is 10.0 Å². The molecule has 2 rings (SSSR count). The number of rotatable bonds is 4. The summed E-state index contributed by atoms with van der Waals surface area (Å²) in [6.45, 7) is 1.69. The molecule has 0 aliphatic rings. The molecular weight excluding hydrogens is 326 g/mol. The van der Waals surface area contributed by atoms with E-state index in [1.807, 2.05) is 0 Å². The Labute approximate surface area is 112 Å². The normalized spacial score (nSPS) is 11.9. The Balaban J connectivity index is 2.18. The van der Waals surface area contributed by atoms with Gasteiger partial charge in [-0.1, -0.05) is 5.21 Å². The zero-order valence-corrected chi connectivity index (χ0v) is 12.0. The number of oxazole rings is 1. The second kappa shape index (κ2) is 4.78. The lowest BCUT2D eigenvalue weighted by Crippen LogP contribution is -2.25. The summed E-state index contributed by atoms with van der Waals surface area (Å²) in [5, 5.41) is 7.17. The maximum absolute atomic E-state index is 12.0. The lowest BCUT2D eigenvalue weighted by Gasteiger charge is -2.04. The molecule has 0 fully saturated rings. The molecule has 0 atom stereocenters. The first-order valence-electron chi connectivity index (χ1n) is 4.86. The van der Waals surface area contributed by atoms with Crippen molar-refractivity contribution in [1.82, 2.24) is 24.7 Å². The minimum absolute atomic E-state index is 0.0339. The maximum atomic E-state index is 12.0. The van der Waals surface area contributed by atoms with E-state index in [0.29, 0.717) is 11.7 Å². The Morgan fingerprint density at radius 2 is 2.28 bits per heavy atom. The number of sulfonamides is 1. The minimum atomic E-state index is -3.73. The molecule has 0 aliphatic carbocycles. The van der Waals surface area contributed by atoms with Crippen molar-refractivity contribution in [3.63, 3.8) is 0 Å². The zero-order valence-electron chi connectivity index (χ0n) is 9.58. The van der Waals surface area contributed by atoms with E-state index in [4.69, 9.17) is 4.42 Å². The van der Waals surface area contributed by atoms with Gasteiger partial charge in [0.05, 0.1) is 12.7 Å². The van der Waals surface area contributed by atoms with Gasteiger partial charge in [-0.25, -0.2) is 22.8 Å². The molecule has 0 aliphatic heterocycles. The number of nitrogens with one attached hydrogen (secondary N) is 1. The summed E-state index contributed by atoms with van der Waals surface area (Å²) in [6, 6.07) is 0. The highest BCUT2D eigenvalue weighted by atomic mass is 79.9. The summed E-state index contributed by atoms with van der Waals surface area (Å²) < 4.78 is 32.8. The molecule has 8 nitrogen and oxygen atoms in total. The Morgan fingerprint density at radius 3 is 2.78 bits per heavy atom. The number of hydrogen-bond acceptors (Lipinski definition) is 6. The largest absolute Gasteiger partial charge is 0.445 e. The quantitative estimate of drug-likeness (QED) is 0.864. The average molecular weight is 336 g/mol. The monoisotopic (exact) mass is 335 g/mol. The van der Waals surface area contributed by atoms with Crippen LogP contribution in [0.5, 0.6) is 0 Å². The second-order valence-electron chi connectivity index (χ2n) is 3.50. The van der Waals surface area contributed by atoms with Crippen LogP contribution in [0.2, 0.25) is 0 Å². The summed E-state index contributed by atoms with van der Waals surface area (Å²) in [7, 11) is -2.24. The van der Waals surface area contributed by atoms with Gasteiger partial charge >= 0.3 is 0 Å². The smallest absolute Gasteiger partial charge is 0.261 e. The van der Waals surface area contributed by atoms with Crippen LogP contribution in [0.25, 0.3) is 0 Å². The van der Waals surface area contributed by atoms with Crippen molar-refractivity contribution in [2.24, 2.45) is 7.05 Å². The molecule has 0 saturated carbocycles. The van der Waals surface area contributed by atoms with Gasteiger partial charge in [-0.2, -0.15) is 0 Å². The molecule has 18 heavy (non-hydrogen) atoms. The van der Waals surface area contributed by atoms with Crippen LogP contribution >= 0.6 is 15.9 Å². The van der Waals surface area contributed by atoms with E-state index in [1.54, 1.807) is 6.92 Å². The molecule has 0 amide bonds. The SMILES string of the molecule is Cc1cnc(CNS(=O)(=O)c2c(Br)nnn2C)o1. The van der Waals surface area contributed by atoms with E-state index in [1.165, 1.54) is 13.2 Å². The topological polar surface area (TPSA) is 103 Å². The summed E-state index contributed by atoms with van der Waals surface area (Å²) in [5.74, 6) is 0.912. The van der Waals surface area contributed by atoms with Gasteiger partial charge in [-0.05, 0) is 22.9 Å². The molecule has 0 unspecified atom stereocenters. The number of aryl methyl sites for hydroxylation is 2. The minimum Gasteiger partial charge on any atom is -0.445 e. The maximum Gasteiger partial charge on any atom is 0.261 e. The van der Waals surface area contributed by atoms with Gasteiger partial charge in [0.1, 0.15) is 5.76 Å². The summed E-state index contributed by atoms with van der Waals surface area (Å²) >= 11 is 3.03. The van der Waals surface area contributed by atoms with E-state index in [2.05, 4.69) is 35.9 Å². The standard InChI is InChI=1S/C8H10BrN5O3S/c1-5-3-10-6(17-5)4-11-18(15,16)8-7(9)12-13-14(8)2/h3,11H,4H2,1-2H3. The number of aromatic nitrogens is 4. The molecule has 1 N–H and O–H groups in total. The summed E-state index contributed by atoms with van der Waals surface area (Å²) in [6.07, 6.45) is 1.52. The lowest BCUT2D eigenvalue weighted by molar-refractivity contribution is 0.462. The van der Waals surface area contributed by atoms with Gasteiger partial charge < -0.3 is 4.42 Å². The van der Waals surface area contributed by atoms with Crippen LogP contribution in [0.4, 0.5) is 0 Å². The van der Waals surface area contributed by atoms with Crippen LogP contribution in [0.3, 0.4) is 0 Å². The molecule has 98 valence electrons. The van der Waals surface area contributed by atoms with Crippen LogP contribution in [0.1, 0.15) is 11.7 Å². The first-order chi connectivity index (χ1) is 8.40. The third-order valence-corrected chi connectivity index (χ3v) is 4.36. The van der Waals surface area contributed by atoms with Gasteiger partial charge in [-0.3, -0.25) is 0 Å². The highest BCUT2D eigenvalue weighted by molar-refractivity contribution is 9.10. The van der Waals surface area contributed by atoms with Crippen LogP contribution in [0, 0.1) is 6.92 Å². The Bertz CT molecular complexity index is 643. The first kappa shape index (κ1) is 13.2. The van der Waals surface area contributed by atoms with Crippen LogP contribution in [0.15, 0.2) is 20.2 Å². The number of hydrogen-bond donors (Lipinski definition) is 1. The predicted octanol–water partition coefficient (Wildman–Crippen LogP) is 0.353. The van der Waals surface area contributed by atoms with E-state index in [0.717, 1.165) is 4.68 Å². The van der Waals surface area contributed by atoms with E-state index in [9.17, 15) is 8.42 Å². The summed E-state index contributed by atoms with van der Waals surface area (Å²) in [4.78, 5) is 3.90. The predicted molar refractivity (Wildman–Crippen MR) is 64.0 cm³/mol. The van der Waals surface area contributed by atoms with Gasteiger partial charge in [0.25, 0.3) is 10.0 Å². The molecule has 0 radical (unpaired) electrons. The van der Waals surface area contributed by atoms with Crippen molar-refractivity contribution in [3.8, 4) is 0 Å². The molecule has 0 bridgehead atoms. The highest BCUT2D eigenvalue weighted by Gasteiger charge is 2.24. The molecule has 10 heteroatoms. The fourth-order valence-electron chi connectivity index (χ4n) is 1.32. The first-order valence-corrected chi connectivity index (χ1v) is 7.14. The van der Waals surface area contributed by atoms with Crippen LogP contribution in [-0.2, 0) is 23.6 Å². The lowest BCUT2D eigenvalue weighted by atomic mass is 10.6. The van der Waals surface area contributed by atoms with Gasteiger partial charge in [0, 0.05) is 7.05 Å². The van der Waals surface area contributed by atoms with Crippen molar-refractivity contribution in [1.29, 1.82) is 0 Å². The van der Waals surface area contributed by atoms with Crippen LogP contribution < -0.4 is 4.72 Å². The highest BCUT2D eigenvalue weighted by Crippen LogP contribution is 2.17.